The molecule has 2 heterocycles. The first-order valence-electron chi connectivity index (χ1n) is 4.85. The molecule has 0 radical (unpaired) electrons. The second-order valence-corrected chi connectivity index (χ2v) is 3.56. The van der Waals surface area contributed by atoms with E-state index in [0.717, 1.165) is 28.9 Å². The Balaban J connectivity index is 2.22. The van der Waals surface area contributed by atoms with Gasteiger partial charge in [-0.25, -0.2) is 0 Å². The van der Waals surface area contributed by atoms with Crippen molar-refractivity contribution < 1.29 is 0 Å². The van der Waals surface area contributed by atoms with Crippen molar-refractivity contribution in [2.75, 3.05) is 5.73 Å². The lowest BCUT2D eigenvalue weighted by molar-refractivity contribution is 1.09. The smallest absolute Gasteiger partial charge is 0.0380 e. The Morgan fingerprint density at radius 2 is 2.07 bits per heavy atom. The lowest BCUT2D eigenvalue weighted by Gasteiger charge is -2.04. The minimum absolute atomic E-state index is 0.783. The maximum atomic E-state index is 5.84. The Hall–Kier alpha value is -1.90. The molecular weight excluding hydrogens is 186 g/mol. The van der Waals surface area contributed by atoms with E-state index in [1.54, 1.807) is 12.4 Å². The van der Waals surface area contributed by atoms with Crippen LogP contribution >= 0.6 is 0 Å². The summed E-state index contributed by atoms with van der Waals surface area (Å²) in [5, 5.41) is 0. The van der Waals surface area contributed by atoms with E-state index in [9.17, 15) is 0 Å². The molecule has 3 nitrogen and oxygen atoms in total. The van der Waals surface area contributed by atoms with E-state index in [2.05, 4.69) is 16.0 Å². The molecule has 0 unspecified atom stereocenters. The van der Waals surface area contributed by atoms with E-state index >= 15 is 0 Å². The zero-order chi connectivity index (χ0) is 10.7. The van der Waals surface area contributed by atoms with Gasteiger partial charge in [-0.3, -0.25) is 9.97 Å². The normalized spacial score (nSPS) is 10.2. The topological polar surface area (TPSA) is 51.8 Å². The van der Waals surface area contributed by atoms with Crippen molar-refractivity contribution in [1.82, 2.24) is 9.97 Å². The quantitative estimate of drug-likeness (QED) is 0.804. The van der Waals surface area contributed by atoms with Gasteiger partial charge in [0.15, 0.2) is 0 Å². The summed E-state index contributed by atoms with van der Waals surface area (Å²) in [6, 6.07) is 5.88. The Kier molecular flexibility index (Phi) is 2.63. The monoisotopic (exact) mass is 199 g/mol. The summed E-state index contributed by atoms with van der Waals surface area (Å²) in [5.74, 6) is 0. The number of hydrogen-bond donors (Lipinski definition) is 1. The first-order valence-corrected chi connectivity index (χ1v) is 4.85. The molecular formula is C12H13N3. The lowest BCUT2D eigenvalue weighted by Crippen LogP contribution is -1.97. The molecule has 0 amide bonds. The first-order chi connectivity index (χ1) is 7.25. The average Bonchev–Trinajstić information content (AvgIpc) is 2.25. The van der Waals surface area contributed by atoms with Gasteiger partial charge in [-0.2, -0.15) is 0 Å². The van der Waals surface area contributed by atoms with Crippen molar-refractivity contribution in [2.24, 2.45) is 0 Å². The predicted molar refractivity (Wildman–Crippen MR) is 60.4 cm³/mol. The Bertz CT molecular complexity index is 449. The highest BCUT2D eigenvalue weighted by Crippen LogP contribution is 2.14. The first kappa shape index (κ1) is 9.65. The largest absolute Gasteiger partial charge is 0.398 e. The highest BCUT2D eigenvalue weighted by atomic mass is 14.7. The SMILES string of the molecule is Cc1ccc(Cc2cnccc2N)cn1. The molecule has 0 aliphatic rings. The number of nitrogens with two attached hydrogens (primary N) is 1. The number of nitrogen functional groups attached to an aromatic ring is 1. The molecule has 3 heteroatoms. The molecule has 0 aromatic carbocycles. The molecule has 0 saturated carbocycles. The van der Waals surface area contributed by atoms with Gasteiger partial charge < -0.3 is 5.73 Å². The molecule has 0 fully saturated rings. The Morgan fingerprint density at radius 3 is 2.73 bits per heavy atom. The number of nitrogens with zero attached hydrogens (tertiary/aromatic N) is 2. The summed E-state index contributed by atoms with van der Waals surface area (Å²) in [7, 11) is 0. The molecule has 0 atom stereocenters. The van der Waals surface area contributed by atoms with Crippen LogP contribution in [0.1, 0.15) is 16.8 Å². The molecule has 2 N–H and O–H groups in total. The summed E-state index contributed by atoms with van der Waals surface area (Å²) < 4.78 is 0. The van der Waals surface area contributed by atoms with Crippen molar-refractivity contribution in [2.45, 2.75) is 13.3 Å². The number of rotatable bonds is 2. The maximum absolute atomic E-state index is 5.84. The van der Waals surface area contributed by atoms with Crippen molar-refractivity contribution in [3.63, 3.8) is 0 Å². The molecule has 2 rings (SSSR count). The fourth-order valence-electron chi connectivity index (χ4n) is 1.41. The predicted octanol–water partition coefficient (Wildman–Crippen LogP) is 1.96. The molecule has 0 bridgehead atoms. The van der Waals surface area contributed by atoms with Crippen molar-refractivity contribution >= 4 is 5.69 Å². The summed E-state index contributed by atoms with van der Waals surface area (Å²) in [4.78, 5) is 8.30. The Labute approximate surface area is 89.0 Å². The average molecular weight is 199 g/mol. The van der Waals surface area contributed by atoms with Crippen LogP contribution in [0.3, 0.4) is 0 Å². The fraction of sp³-hybridized carbons (Fsp3) is 0.167. The third-order valence-electron chi connectivity index (χ3n) is 2.31. The van der Waals surface area contributed by atoms with E-state index in [-0.39, 0.29) is 0 Å². The third kappa shape index (κ3) is 2.31. The second kappa shape index (κ2) is 4.09. The van der Waals surface area contributed by atoms with Gasteiger partial charge in [-0.15, -0.1) is 0 Å². The summed E-state index contributed by atoms with van der Waals surface area (Å²) in [6.45, 7) is 1.97. The van der Waals surface area contributed by atoms with Crippen LogP contribution in [0, 0.1) is 6.92 Å². The van der Waals surface area contributed by atoms with Crippen LogP contribution < -0.4 is 5.73 Å². The van der Waals surface area contributed by atoms with Crippen LogP contribution in [-0.2, 0) is 6.42 Å². The van der Waals surface area contributed by atoms with E-state index in [0.29, 0.717) is 0 Å². The van der Waals surface area contributed by atoms with Crippen LogP contribution in [-0.4, -0.2) is 9.97 Å². The van der Waals surface area contributed by atoms with Gasteiger partial charge in [0.2, 0.25) is 0 Å². The minimum atomic E-state index is 0.783. The maximum Gasteiger partial charge on any atom is 0.0380 e. The molecule has 2 aromatic heterocycles. The van der Waals surface area contributed by atoms with Crippen molar-refractivity contribution in [3.8, 4) is 0 Å². The lowest BCUT2D eigenvalue weighted by atomic mass is 10.1. The number of aromatic nitrogens is 2. The van der Waals surface area contributed by atoms with E-state index in [4.69, 9.17) is 5.73 Å². The van der Waals surface area contributed by atoms with Gasteiger partial charge >= 0.3 is 0 Å². The zero-order valence-electron chi connectivity index (χ0n) is 8.64. The molecule has 0 spiro atoms. The number of hydrogen-bond acceptors (Lipinski definition) is 3. The van der Waals surface area contributed by atoms with Crippen LogP contribution in [0.15, 0.2) is 36.8 Å². The van der Waals surface area contributed by atoms with Gasteiger partial charge in [0.25, 0.3) is 0 Å². The zero-order valence-corrected chi connectivity index (χ0v) is 8.64. The standard InChI is InChI=1S/C12H13N3/c1-9-2-3-10(7-15-9)6-11-8-14-5-4-12(11)13/h2-5,7-8H,6H2,1H3,(H2,13,14). The van der Waals surface area contributed by atoms with Gasteiger partial charge in [0, 0.05) is 36.4 Å². The fourth-order valence-corrected chi connectivity index (χ4v) is 1.41. The molecule has 2 aromatic rings. The highest BCUT2D eigenvalue weighted by molar-refractivity contribution is 5.46. The number of aryl methyl sites for hydroxylation is 1. The van der Waals surface area contributed by atoms with Crippen LogP contribution in [0.25, 0.3) is 0 Å². The molecule has 76 valence electrons. The number of anilines is 1. The van der Waals surface area contributed by atoms with Crippen molar-refractivity contribution in [1.29, 1.82) is 0 Å². The Morgan fingerprint density at radius 1 is 1.20 bits per heavy atom. The van der Waals surface area contributed by atoms with Gasteiger partial charge in [0.05, 0.1) is 0 Å². The van der Waals surface area contributed by atoms with E-state index in [1.807, 2.05) is 25.3 Å². The van der Waals surface area contributed by atoms with Gasteiger partial charge in [-0.1, -0.05) is 6.07 Å². The molecule has 0 aliphatic carbocycles. The molecule has 15 heavy (non-hydrogen) atoms. The molecule has 0 saturated heterocycles. The summed E-state index contributed by atoms with van der Waals surface area (Å²) in [5.41, 5.74) is 9.84. The summed E-state index contributed by atoms with van der Waals surface area (Å²) >= 11 is 0. The minimum Gasteiger partial charge on any atom is -0.398 e. The van der Waals surface area contributed by atoms with Gasteiger partial charge in [-0.05, 0) is 30.2 Å². The molecule has 0 aliphatic heterocycles. The van der Waals surface area contributed by atoms with Crippen LogP contribution in [0.5, 0.6) is 0 Å². The van der Waals surface area contributed by atoms with E-state index in [1.165, 1.54) is 0 Å². The second-order valence-electron chi connectivity index (χ2n) is 3.56. The summed E-state index contributed by atoms with van der Waals surface area (Å²) in [6.07, 6.45) is 6.16. The van der Waals surface area contributed by atoms with Crippen LogP contribution in [0.2, 0.25) is 0 Å². The van der Waals surface area contributed by atoms with Crippen molar-refractivity contribution in [3.05, 3.63) is 53.6 Å². The third-order valence-corrected chi connectivity index (χ3v) is 2.31. The van der Waals surface area contributed by atoms with Crippen LogP contribution in [0.4, 0.5) is 5.69 Å². The number of pyridine rings is 2. The van der Waals surface area contributed by atoms with Gasteiger partial charge in [0.1, 0.15) is 0 Å². The highest BCUT2D eigenvalue weighted by Gasteiger charge is 2.00. The van der Waals surface area contributed by atoms with E-state index < -0.39 is 0 Å².